The summed E-state index contributed by atoms with van der Waals surface area (Å²) in [7, 11) is -2.60. The first kappa shape index (κ1) is 42.0. The monoisotopic (exact) mass is 870 g/mol. The van der Waals surface area contributed by atoms with Gasteiger partial charge >= 0.3 is 6.09 Å². The van der Waals surface area contributed by atoms with Crippen molar-refractivity contribution < 1.29 is 50.6 Å². The van der Waals surface area contributed by atoms with Gasteiger partial charge in [0.1, 0.15) is 41.3 Å². The first-order valence-corrected chi connectivity index (χ1v) is 23.3. The Kier molecular flexibility index (Phi) is 10.2. The van der Waals surface area contributed by atoms with Crippen molar-refractivity contribution in [3.63, 3.8) is 0 Å². The third kappa shape index (κ3) is 7.45. The average Bonchev–Trinajstić information content (AvgIpc) is 4.10. The standard InChI is InChI=1S/C43H56F2N6O9S/c1-21-31-20-51(33(21)36(52)49-43(19-27(43)35(44)45)39(54)50-61(56,57)26-11-12-26)38(53)34(41(2,3)4)48-40(55)60-32-16-22-14-24(15-22)42(32)18-23(42)8-6-7-9-29-37(59-31)47-30-17-25(58-5)10-13-28(30)46-29/h10,13,17,21-24,26-27,31-35H,6-9,11-12,14-16,18-20H2,1-5H3,(H,48,55)(H,49,52)(H,50,54)/t21-,22?,23-,24?,27+,31+,32-,33+,34-,42?,43-/m1/s1. The molecule has 8 aliphatic rings. The Bertz CT molecular complexity index is 2250. The Hall–Kier alpha value is -4.35. The highest BCUT2D eigenvalue weighted by Crippen LogP contribution is 2.73. The van der Waals surface area contributed by atoms with Crippen molar-refractivity contribution in [2.24, 2.45) is 40.4 Å². The normalized spacial score (nSPS) is 36.1. The van der Waals surface area contributed by atoms with Crippen LogP contribution in [0.3, 0.4) is 0 Å². The van der Waals surface area contributed by atoms with Crippen LogP contribution in [0, 0.1) is 40.4 Å². The number of alkyl carbamates (subject to hydrolysis) is 1. The van der Waals surface area contributed by atoms with E-state index in [0.29, 0.717) is 59.5 Å². The molecule has 10 rings (SSSR count). The van der Waals surface area contributed by atoms with E-state index >= 15 is 4.79 Å². The predicted molar refractivity (Wildman–Crippen MR) is 216 cm³/mol. The highest BCUT2D eigenvalue weighted by atomic mass is 32.2. The summed E-state index contributed by atoms with van der Waals surface area (Å²) in [5.41, 5.74) is -1.48. The lowest BCUT2D eigenvalue weighted by Crippen LogP contribution is -2.61. The molecule has 0 radical (unpaired) electrons. The number of amides is 4. The highest BCUT2D eigenvalue weighted by Gasteiger charge is 2.70. The minimum atomic E-state index is -4.15. The van der Waals surface area contributed by atoms with Crippen LogP contribution >= 0.6 is 0 Å². The number of carbonyl (C=O) groups excluding carboxylic acids is 4. The van der Waals surface area contributed by atoms with Crippen molar-refractivity contribution in [3.8, 4) is 11.6 Å². The van der Waals surface area contributed by atoms with Crippen molar-refractivity contribution in [1.29, 1.82) is 0 Å². The van der Waals surface area contributed by atoms with E-state index in [9.17, 15) is 31.6 Å². The lowest BCUT2D eigenvalue weighted by Gasteiger charge is -2.52. The van der Waals surface area contributed by atoms with E-state index in [1.165, 1.54) is 4.90 Å². The van der Waals surface area contributed by atoms with Crippen molar-refractivity contribution >= 4 is 44.9 Å². The lowest BCUT2D eigenvalue weighted by atomic mass is 9.56. The Morgan fingerprint density at radius 1 is 1.02 bits per heavy atom. The molecule has 6 aliphatic carbocycles. The number of hydrogen-bond donors (Lipinski definition) is 3. The molecule has 332 valence electrons. The van der Waals surface area contributed by atoms with Crippen molar-refractivity contribution in [1.82, 2.24) is 30.2 Å². The number of alkyl halides is 2. The molecule has 1 spiro atoms. The van der Waals surface area contributed by atoms with E-state index in [4.69, 9.17) is 24.2 Å². The summed E-state index contributed by atoms with van der Waals surface area (Å²) in [5, 5.41) is 4.55. The quantitative estimate of drug-likeness (QED) is 0.351. The van der Waals surface area contributed by atoms with Crippen LogP contribution in [0.5, 0.6) is 11.6 Å². The summed E-state index contributed by atoms with van der Waals surface area (Å²) >= 11 is 0. The molecule has 1 saturated heterocycles. The maximum atomic E-state index is 15.0. The molecule has 4 bridgehead atoms. The van der Waals surface area contributed by atoms with Crippen LogP contribution in [0.1, 0.15) is 97.6 Å². The number of rotatable bonds is 7. The van der Waals surface area contributed by atoms with Crippen LogP contribution in [-0.2, 0) is 35.6 Å². The van der Waals surface area contributed by atoms with Gasteiger partial charge in [-0.2, -0.15) is 0 Å². The van der Waals surface area contributed by atoms with Gasteiger partial charge in [0, 0.05) is 17.4 Å². The average molecular weight is 871 g/mol. The van der Waals surface area contributed by atoms with Crippen molar-refractivity contribution in [3.05, 3.63) is 23.9 Å². The topological polar surface area (TPSA) is 195 Å². The maximum Gasteiger partial charge on any atom is 0.408 e. The summed E-state index contributed by atoms with van der Waals surface area (Å²) in [5.74, 6) is -3.13. The summed E-state index contributed by atoms with van der Waals surface area (Å²) in [6.45, 7) is 6.84. The number of halogens is 2. The van der Waals surface area contributed by atoms with Crippen LogP contribution in [0.25, 0.3) is 11.0 Å². The largest absolute Gasteiger partial charge is 0.497 e. The van der Waals surface area contributed by atoms with Gasteiger partial charge in [-0.25, -0.2) is 32.0 Å². The molecular weight excluding hydrogens is 815 g/mol. The molecule has 61 heavy (non-hydrogen) atoms. The van der Waals surface area contributed by atoms with Gasteiger partial charge in [0.2, 0.25) is 34.1 Å². The number of nitrogens with zero attached hydrogens (tertiary/aromatic N) is 3. The van der Waals surface area contributed by atoms with Gasteiger partial charge in [-0.3, -0.25) is 19.1 Å². The summed E-state index contributed by atoms with van der Waals surface area (Å²) in [6.07, 6.45) is 2.45. The van der Waals surface area contributed by atoms with E-state index in [1.807, 2.05) is 10.8 Å². The smallest absolute Gasteiger partial charge is 0.408 e. The first-order chi connectivity index (χ1) is 28.8. The lowest BCUT2D eigenvalue weighted by molar-refractivity contribution is -0.144. The molecule has 1 aromatic heterocycles. The molecule has 2 aromatic rings. The molecule has 7 fully saturated rings. The fraction of sp³-hybridized carbons (Fsp3) is 0.721. The fourth-order valence-electron chi connectivity index (χ4n) is 11.0. The van der Waals surface area contributed by atoms with E-state index in [-0.39, 0.29) is 23.9 Å². The Morgan fingerprint density at radius 3 is 2.44 bits per heavy atom. The second-order valence-electron chi connectivity index (χ2n) is 19.9. The number of nitrogens with one attached hydrogen (secondary N) is 3. The minimum Gasteiger partial charge on any atom is -0.497 e. The number of methoxy groups -OCH3 is 1. The predicted octanol–water partition coefficient (Wildman–Crippen LogP) is 4.65. The fourth-order valence-corrected chi connectivity index (χ4v) is 12.4. The van der Waals surface area contributed by atoms with Gasteiger partial charge in [-0.1, -0.05) is 34.1 Å². The second kappa shape index (κ2) is 14.9. The molecule has 18 heteroatoms. The van der Waals surface area contributed by atoms with Gasteiger partial charge in [0.25, 0.3) is 5.91 Å². The number of fused-ring (bicyclic) bond motifs is 4. The van der Waals surface area contributed by atoms with E-state index < -0.39 is 92.9 Å². The van der Waals surface area contributed by atoms with Gasteiger partial charge in [0.15, 0.2) is 0 Å². The number of aryl methyl sites for hydroxylation is 1. The third-order valence-corrected chi connectivity index (χ3v) is 16.8. The molecular formula is C43H56F2N6O9S. The second-order valence-corrected chi connectivity index (χ2v) is 21.9. The van der Waals surface area contributed by atoms with Crippen LogP contribution in [0.2, 0.25) is 0 Å². The zero-order chi connectivity index (χ0) is 43.4. The van der Waals surface area contributed by atoms with Crippen LogP contribution in [-0.4, -0.2) is 102 Å². The highest BCUT2D eigenvalue weighted by molar-refractivity contribution is 7.91. The molecule has 9 atom stereocenters. The van der Waals surface area contributed by atoms with Crippen molar-refractivity contribution in [2.75, 3.05) is 13.7 Å². The Morgan fingerprint density at radius 2 is 1.77 bits per heavy atom. The number of hydrogen-bond acceptors (Lipinski definition) is 11. The van der Waals surface area contributed by atoms with Crippen LogP contribution < -0.4 is 24.8 Å². The van der Waals surface area contributed by atoms with Crippen LogP contribution in [0.4, 0.5) is 13.6 Å². The number of aromatic nitrogens is 2. The van der Waals surface area contributed by atoms with Gasteiger partial charge in [-0.15, -0.1) is 0 Å². The first-order valence-electron chi connectivity index (χ1n) is 21.8. The van der Waals surface area contributed by atoms with E-state index in [0.717, 1.165) is 44.9 Å². The molecule has 4 amide bonds. The molecule has 1 unspecified atom stereocenters. The Balaban J connectivity index is 1.08. The molecule has 6 saturated carbocycles. The van der Waals surface area contributed by atoms with Crippen LogP contribution in [0.15, 0.2) is 18.2 Å². The number of ether oxygens (including phenoxy) is 3. The molecule has 3 heterocycles. The molecule has 2 aliphatic heterocycles. The molecule has 3 N–H and O–H groups in total. The number of benzene rings is 1. The minimum absolute atomic E-state index is 0.0885. The summed E-state index contributed by atoms with van der Waals surface area (Å²) in [6, 6.07) is 2.75. The van der Waals surface area contributed by atoms with Crippen molar-refractivity contribution in [2.45, 2.75) is 140 Å². The van der Waals surface area contributed by atoms with Gasteiger partial charge in [0.05, 0.1) is 35.9 Å². The van der Waals surface area contributed by atoms with E-state index in [1.54, 1.807) is 46.9 Å². The number of sulfonamides is 1. The molecule has 1 aromatic carbocycles. The summed E-state index contributed by atoms with van der Waals surface area (Å²) in [4.78, 5) is 68.3. The summed E-state index contributed by atoms with van der Waals surface area (Å²) < 4.78 is 74.6. The third-order valence-electron chi connectivity index (χ3n) is 15.0. The van der Waals surface area contributed by atoms with Gasteiger partial charge in [-0.05, 0) is 99.5 Å². The SMILES string of the molecule is COc1ccc2nc3c(nc2c1)O[C@H]1CN(C(=O)[C@H](C(C)(C)C)NC(=O)O[C@@H]2CC4CC(C4)C24C[C@H]4CCCC3)[C@H](C(=O)N[C@]2(C(=O)NS(=O)(=O)C3CC3)C[C@H]2C(F)F)[C@@H]1C. The molecule has 15 nitrogen and oxygen atoms in total. The number of carbonyl (C=O) groups is 4. The van der Waals surface area contributed by atoms with Gasteiger partial charge < -0.3 is 29.7 Å². The maximum absolute atomic E-state index is 15.0. The van der Waals surface area contributed by atoms with E-state index in [2.05, 4.69) is 10.6 Å². The zero-order valence-electron chi connectivity index (χ0n) is 35.2. The Labute approximate surface area is 354 Å². The zero-order valence-corrected chi connectivity index (χ0v) is 36.1.